The summed E-state index contributed by atoms with van der Waals surface area (Å²) in [7, 11) is 0. The van der Waals surface area contributed by atoms with E-state index in [4.69, 9.17) is 5.73 Å². The Balaban J connectivity index is 1.76. The van der Waals surface area contributed by atoms with Crippen LogP contribution in [0, 0.1) is 25.2 Å². The lowest BCUT2D eigenvalue weighted by Crippen LogP contribution is -2.14. The number of rotatable bonds is 5. The maximum atomic E-state index is 13.7. The predicted molar refractivity (Wildman–Crippen MR) is 148 cm³/mol. The third-order valence-corrected chi connectivity index (χ3v) is 7.03. The van der Waals surface area contributed by atoms with Gasteiger partial charge in [0.25, 0.3) is 5.91 Å². The van der Waals surface area contributed by atoms with E-state index in [0.29, 0.717) is 32.9 Å². The Hall–Kier alpha value is -4.67. The topological polar surface area (TPSA) is 104 Å². The summed E-state index contributed by atoms with van der Waals surface area (Å²) in [6.45, 7) is 3.97. The number of hydrogen-bond acceptors (Lipinski definition) is 6. The van der Waals surface area contributed by atoms with E-state index in [-0.39, 0.29) is 11.7 Å². The number of aromatic nitrogens is 1. The van der Waals surface area contributed by atoms with Crippen LogP contribution >= 0.6 is 11.3 Å². The molecule has 176 valence electrons. The highest BCUT2D eigenvalue weighted by Gasteiger charge is 2.26. The highest BCUT2D eigenvalue weighted by atomic mass is 32.1. The lowest BCUT2D eigenvalue weighted by Gasteiger charge is -2.11. The van der Waals surface area contributed by atoms with Gasteiger partial charge in [0.15, 0.2) is 0 Å². The Morgan fingerprint density at radius 1 is 1.00 bits per heavy atom. The number of amides is 1. The van der Waals surface area contributed by atoms with Crippen molar-refractivity contribution in [2.45, 2.75) is 13.8 Å². The lowest BCUT2D eigenvalue weighted by molar-refractivity contribution is 0.102. The van der Waals surface area contributed by atoms with Crippen LogP contribution < -0.4 is 16.4 Å². The molecule has 4 N–H and O–H groups in total. The second-order valence-electron chi connectivity index (χ2n) is 8.47. The number of carbonyl (C=O) groups excluding carboxylic acids is 1. The molecule has 2 aromatic heterocycles. The first-order valence-corrected chi connectivity index (χ1v) is 12.2. The molecule has 2 heterocycles. The standard InChI is InChI=1S/C29H23N5OS/c1-17-9-8-13-20(15-17)32-28(35)24-25-26(36-29(24)33-22-14-7-6-10-18(22)2)23(19-11-4-3-5-12-19)21(16-30)27(31)34-25/h3-15,33H,1-2H3,(H2,31,34)(H,32,35). The van der Waals surface area contributed by atoms with E-state index >= 15 is 0 Å². The average Bonchev–Trinajstić information content (AvgIpc) is 3.22. The van der Waals surface area contributed by atoms with Crippen molar-refractivity contribution >= 4 is 49.7 Å². The molecule has 0 radical (unpaired) electrons. The number of nitrogens with two attached hydrogens (primary N) is 1. The molecule has 5 rings (SSSR count). The summed E-state index contributed by atoms with van der Waals surface area (Å²) in [5.41, 5.74) is 12.6. The lowest BCUT2D eigenvalue weighted by atomic mass is 10.00. The van der Waals surface area contributed by atoms with E-state index in [0.717, 1.165) is 27.1 Å². The fraction of sp³-hybridized carbons (Fsp3) is 0.0690. The van der Waals surface area contributed by atoms with Crippen molar-refractivity contribution in [3.8, 4) is 17.2 Å². The summed E-state index contributed by atoms with van der Waals surface area (Å²) in [6.07, 6.45) is 0. The van der Waals surface area contributed by atoms with Crippen LogP contribution in [-0.4, -0.2) is 10.9 Å². The maximum Gasteiger partial charge on any atom is 0.260 e. The molecule has 0 bridgehead atoms. The van der Waals surface area contributed by atoms with Gasteiger partial charge < -0.3 is 16.4 Å². The maximum absolute atomic E-state index is 13.7. The van der Waals surface area contributed by atoms with Gasteiger partial charge in [-0.25, -0.2) is 4.98 Å². The zero-order valence-corrected chi connectivity index (χ0v) is 20.6. The van der Waals surface area contributed by atoms with Crippen LogP contribution in [0.5, 0.6) is 0 Å². The number of hydrogen-bond donors (Lipinski definition) is 3. The first-order chi connectivity index (χ1) is 17.5. The van der Waals surface area contributed by atoms with Crippen LogP contribution in [-0.2, 0) is 0 Å². The van der Waals surface area contributed by atoms with Crippen molar-refractivity contribution in [3.63, 3.8) is 0 Å². The molecule has 0 aliphatic heterocycles. The van der Waals surface area contributed by atoms with Crippen molar-refractivity contribution < 1.29 is 4.79 Å². The van der Waals surface area contributed by atoms with E-state index in [1.165, 1.54) is 11.3 Å². The number of thiophene rings is 1. The normalized spacial score (nSPS) is 10.7. The number of pyridine rings is 1. The molecule has 0 saturated heterocycles. The van der Waals surface area contributed by atoms with E-state index in [9.17, 15) is 10.1 Å². The molecule has 0 fully saturated rings. The van der Waals surface area contributed by atoms with E-state index in [1.54, 1.807) is 0 Å². The summed E-state index contributed by atoms with van der Waals surface area (Å²) >= 11 is 1.39. The molecule has 1 amide bonds. The third kappa shape index (κ3) is 4.26. The summed E-state index contributed by atoms with van der Waals surface area (Å²) in [6, 6.07) is 27.3. The van der Waals surface area contributed by atoms with Gasteiger partial charge >= 0.3 is 0 Å². The molecule has 0 atom stereocenters. The van der Waals surface area contributed by atoms with Crippen molar-refractivity contribution in [2.24, 2.45) is 0 Å². The number of para-hydroxylation sites is 1. The van der Waals surface area contributed by atoms with Crippen LogP contribution in [0.25, 0.3) is 21.3 Å². The number of benzene rings is 3. The van der Waals surface area contributed by atoms with Gasteiger partial charge in [-0.2, -0.15) is 5.26 Å². The molecule has 36 heavy (non-hydrogen) atoms. The van der Waals surface area contributed by atoms with Gasteiger partial charge in [-0.3, -0.25) is 4.79 Å². The molecular formula is C29H23N5OS. The first kappa shape index (κ1) is 23.1. The summed E-state index contributed by atoms with van der Waals surface area (Å²) in [5.74, 6) is -0.216. The van der Waals surface area contributed by atoms with Gasteiger partial charge in [0.1, 0.15) is 28.0 Å². The monoisotopic (exact) mass is 489 g/mol. The van der Waals surface area contributed by atoms with E-state index in [1.807, 2.05) is 92.7 Å². The second kappa shape index (κ2) is 9.53. The average molecular weight is 490 g/mol. The van der Waals surface area contributed by atoms with Gasteiger partial charge in [-0.1, -0.05) is 60.7 Å². The van der Waals surface area contributed by atoms with Gasteiger partial charge in [0, 0.05) is 16.9 Å². The molecule has 0 unspecified atom stereocenters. The minimum absolute atomic E-state index is 0.0914. The zero-order valence-electron chi connectivity index (χ0n) is 19.8. The third-order valence-electron chi connectivity index (χ3n) is 5.92. The number of nitrogens with one attached hydrogen (secondary N) is 2. The largest absolute Gasteiger partial charge is 0.383 e. The van der Waals surface area contributed by atoms with Crippen LogP contribution in [0.1, 0.15) is 27.0 Å². The Morgan fingerprint density at radius 2 is 1.75 bits per heavy atom. The van der Waals surface area contributed by atoms with Gasteiger partial charge in [-0.05, 0) is 48.7 Å². The Kier molecular flexibility index (Phi) is 6.11. The fourth-order valence-electron chi connectivity index (χ4n) is 4.16. The SMILES string of the molecule is Cc1cccc(NC(=O)c2c(Nc3ccccc3C)sc3c(-c4ccccc4)c(C#N)c(N)nc23)c1. The predicted octanol–water partition coefficient (Wildman–Crippen LogP) is 7.03. The Morgan fingerprint density at radius 3 is 2.47 bits per heavy atom. The minimum atomic E-state index is -0.307. The molecular weight excluding hydrogens is 466 g/mol. The van der Waals surface area contributed by atoms with Crippen LogP contribution in [0.2, 0.25) is 0 Å². The molecule has 0 spiro atoms. The molecule has 6 nitrogen and oxygen atoms in total. The van der Waals surface area contributed by atoms with Crippen molar-refractivity contribution in [3.05, 3.63) is 101 Å². The summed E-state index contributed by atoms with van der Waals surface area (Å²) < 4.78 is 0.720. The summed E-state index contributed by atoms with van der Waals surface area (Å²) in [4.78, 5) is 18.3. The number of nitriles is 1. The minimum Gasteiger partial charge on any atom is -0.383 e. The van der Waals surface area contributed by atoms with Crippen molar-refractivity contribution in [2.75, 3.05) is 16.4 Å². The van der Waals surface area contributed by atoms with Gasteiger partial charge in [0.2, 0.25) is 0 Å². The number of fused-ring (bicyclic) bond motifs is 1. The second-order valence-corrected chi connectivity index (χ2v) is 9.49. The molecule has 0 saturated carbocycles. The highest BCUT2D eigenvalue weighted by molar-refractivity contribution is 7.24. The van der Waals surface area contributed by atoms with Crippen molar-refractivity contribution in [1.29, 1.82) is 5.26 Å². The molecule has 7 heteroatoms. The number of anilines is 4. The quantitative estimate of drug-likeness (QED) is 0.246. The number of carbonyl (C=O) groups is 1. The molecule has 0 aliphatic carbocycles. The van der Waals surface area contributed by atoms with Crippen LogP contribution in [0.4, 0.5) is 22.2 Å². The Bertz CT molecular complexity index is 1650. The van der Waals surface area contributed by atoms with E-state index in [2.05, 4.69) is 21.7 Å². The Labute approximate surface area is 213 Å². The highest BCUT2D eigenvalue weighted by Crippen LogP contribution is 2.44. The van der Waals surface area contributed by atoms with Crippen LogP contribution in [0.3, 0.4) is 0 Å². The smallest absolute Gasteiger partial charge is 0.260 e. The van der Waals surface area contributed by atoms with Gasteiger partial charge in [0.05, 0.1) is 10.2 Å². The fourth-order valence-corrected chi connectivity index (χ4v) is 5.38. The number of nitrogen functional groups attached to an aromatic ring is 1. The summed E-state index contributed by atoms with van der Waals surface area (Å²) in [5, 5.41) is 17.0. The molecule has 5 aromatic rings. The first-order valence-electron chi connectivity index (χ1n) is 11.4. The molecule has 3 aromatic carbocycles. The van der Waals surface area contributed by atoms with Crippen molar-refractivity contribution in [1.82, 2.24) is 4.98 Å². The molecule has 0 aliphatic rings. The number of aryl methyl sites for hydroxylation is 2. The number of nitrogens with zero attached hydrogens (tertiary/aromatic N) is 2. The van der Waals surface area contributed by atoms with Crippen LogP contribution in [0.15, 0.2) is 78.9 Å². The zero-order chi connectivity index (χ0) is 25.2. The van der Waals surface area contributed by atoms with E-state index < -0.39 is 0 Å². The van der Waals surface area contributed by atoms with Gasteiger partial charge in [-0.15, -0.1) is 11.3 Å².